The number of hydrogen-bond acceptors (Lipinski definition) is 8. The van der Waals surface area contributed by atoms with E-state index < -0.39 is 6.23 Å². The number of piperidine rings is 1. The number of allylic oxidation sites excluding steroid dienone is 3. The SMILES string of the molecule is CN/C=C1/C=C(NC(=O)C2=COC(c3ccnc(C)c3)N2)C(N2CCC(CO)CC2)=CC1=N. The Bertz CT molecular complexity index is 1050. The molecule has 0 radical (unpaired) electrons. The van der Waals surface area contributed by atoms with Gasteiger partial charge in [0.2, 0.25) is 0 Å². The maximum Gasteiger partial charge on any atom is 0.275 e. The molecule has 9 nitrogen and oxygen atoms in total. The minimum Gasteiger partial charge on any atom is -0.472 e. The van der Waals surface area contributed by atoms with Gasteiger partial charge >= 0.3 is 0 Å². The summed E-state index contributed by atoms with van der Waals surface area (Å²) >= 11 is 0. The monoisotopic (exact) mass is 450 g/mol. The van der Waals surface area contributed by atoms with E-state index in [0.29, 0.717) is 28.6 Å². The number of aryl methyl sites for hydroxylation is 1. The van der Waals surface area contributed by atoms with Crippen LogP contribution < -0.4 is 16.0 Å². The highest BCUT2D eigenvalue weighted by Gasteiger charge is 2.29. The van der Waals surface area contributed by atoms with E-state index in [4.69, 9.17) is 10.1 Å². The van der Waals surface area contributed by atoms with Crippen LogP contribution in [-0.2, 0) is 9.53 Å². The van der Waals surface area contributed by atoms with E-state index in [1.807, 2.05) is 25.1 Å². The molecule has 2 aliphatic heterocycles. The fraction of sp³-hybridized carbons (Fsp3) is 0.375. The molecule has 0 saturated carbocycles. The summed E-state index contributed by atoms with van der Waals surface area (Å²) in [4.78, 5) is 19.4. The fourth-order valence-corrected chi connectivity index (χ4v) is 4.14. The largest absolute Gasteiger partial charge is 0.472 e. The van der Waals surface area contributed by atoms with Crippen molar-refractivity contribution in [1.29, 1.82) is 5.41 Å². The molecule has 9 heteroatoms. The lowest BCUT2D eigenvalue weighted by Gasteiger charge is -2.36. The minimum atomic E-state index is -0.451. The lowest BCUT2D eigenvalue weighted by Crippen LogP contribution is -2.40. The number of carbonyl (C=O) groups is 1. The number of nitrogens with one attached hydrogen (secondary N) is 4. The first-order valence-electron chi connectivity index (χ1n) is 11.1. The van der Waals surface area contributed by atoms with Gasteiger partial charge in [-0.1, -0.05) is 0 Å². The summed E-state index contributed by atoms with van der Waals surface area (Å²) in [5.41, 5.74) is 4.57. The van der Waals surface area contributed by atoms with Crippen LogP contribution in [0.2, 0.25) is 0 Å². The quantitative estimate of drug-likeness (QED) is 0.446. The zero-order valence-corrected chi connectivity index (χ0v) is 18.9. The van der Waals surface area contributed by atoms with Crippen LogP contribution in [0.5, 0.6) is 0 Å². The summed E-state index contributed by atoms with van der Waals surface area (Å²) in [5.74, 6) is -0.0201. The highest BCUT2D eigenvalue weighted by Crippen LogP contribution is 2.28. The van der Waals surface area contributed by atoms with Crippen molar-refractivity contribution in [3.8, 4) is 0 Å². The normalized spacial score (nSPS) is 22.2. The van der Waals surface area contributed by atoms with Gasteiger partial charge in [-0.3, -0.25) is 9.78 Å². The Morgan fingerprint density at radius 2 is 2.18 bits per heavy atom. The van der Waals surface area contributed by atoms with Crippen LogP contribution in [-0.4, -0.2) is 53.4 Å². The van der Waals surface area contributed by atoms with Crippen LogP contribution in [0.25, 0.3) is 0 Å². The number of ether oxygens (including phenoxy) is 1. The summed E-state index contributed by atoms with van der Waals surface area (Å²) in [5, 5.41) is 26.9. The molecule has 1 amide bonds. The van der Waals surface area contributed by atoms with Gasteiger partial charge in [-0.15, -0.1) is 0 Å². The molecule has 0 spiro atoms. The molecule has 1 aromatic rings. The molecule has 0 aromatic carbocycles. The third-order valence-corrected chi connectivity index (χ3v) is 6.01. The highest BCUT2D eigenvalue weighted by molar-refractivity contribution is 6.10. The van der Waals surface area contributed by atoms with Crippen molar-refractivity contribution in [2.45, 2.75) is 26.0 Å². The number of likely N-dealkylation sites (tertiary alicyclic amines) is 1. The van der Waals surface area contributed by atoms with Gasteiger partial charge in [0.25, 0.3) is 5.91 Å². The van der Waals surface area contributed by atoms with E-state index in [1.165, 1.54) is 6.26 Å². The molecule has 1 fully saturated rings. The number of aromatic nitrogens is 1. The molecule has 1 atom stereocenters. The molecular weight excluding hydrogens is 420 g/mol. The van der Waals surface area contributed by atoms with Crippen molar-refractivity contribution in [3.63, 3.8) is 0 Å². The van der Waals surface area contributed by atoms with Crippen molar-refractivity contribution >= 4 is 11.6 Å². The predicted molar refractivity (Wildman–Crippen MR) is 125 cm³/mol. The average molecular weight is 451 g/mol. The first kappa shape index (κ1) is 22.6. The van der Waals surface area contributed by atoms with Crippen LogP contribution in [0.3, 0.4) is 0 Å². The first-order chi connectivity index (χ1) is 16.0. The topological polar surface area (TPSA) is 123 Å². The molecule has 1 aromatic heterocycles. The Morgan fingerprint density at radius 3 is 2.88 bits per heavy atom. The molecule has 3 heterocycles. The molecular formula is C24H30N6O3. The Balaban J connectivity index is 1.49. The Labute approximate surface area is 193 Å². The van der Waals surface area contributed by atoms with Gasteiger partial charge in [-0.05, 0) is 50.0 Å². The summed E-state index contributed by atoms with van der Waals surface area (Å²) < 4.78 is 5.68. The molecule has 1 unspecified atom stereocenters. The Morgan fingerprint density at radius 1 is 1.39 bits per heavy atom. The van der Waals surface area contributed by atoms with E-state index >= 15 is 0 Å². The number of nitrogens with zero attached hydrogens (tertiary/aromatic N) is 2. The maximum absolute atomic E-state index is 13.1. The van der Waals surface area contributed by atoms with Crippen LogP contribution in [0, 0.1) is 18.3 Å². The molecule has 4 rings (SSSR count). The highest BCUT2D eigenvalue weighted by atomic mass is 16.5. The Hall–Kier alpha value is -3.59. The van der Waals surface area contributed by atoms with E-state index in [2.05, 4.69) is 25.8 Å². The van der Waals surface area contributed by atoms with Gasteiger partial charge in [-0.25, -0.2) is 0 Å². The van der Waals surface area contributed by atoms with Crippen LogP contribution in [0.15, 0.2) is 65.6 Å². The van der Waals surface area contributed by atoms with Crippen molar-refractivity contribution in [1.82, 2.24) is 25.8 Å². The van der Waals surface area contributed by atoms with E-state index in [0.717, 1.165) is 42.9 Å². The number of rotatable bonds is 6. The van der Waals surface area contributed by atoms with Crippen molar-refractivity contribution in [3.05, 3.63) is 76.9 Å². The molecule has 5 N–H and O–H groups in total. The fourth-order valence-electron chi connectivity index (χ4n) is 4.14. The zero-order valence-electron chi connectivity index (χ0n) is 18.9. The minimum absolute atomic E-state index is 0.190. The first-order valence-corrected chi connectivity index (χ1v) is 11.1. The molecule has 174 valence electrons. The number of amides is 1. The van der Waals surface area contributed by atoms with Crippen LogP contribution in [0.4, 0.5) is 0 Å². The van der Waals surface area contributed by atoms with Gasteiger partial charge in [0.1, 0.15) is 12.0 Å². The molecule has 33 heavy (non-hydrogen) atoms. The number of carbonyl (C=O) groups excluding carboxylic acids is 1. The molecule has 1 saturated heterocycles. The van der Waals surface area contributed by atoms with Gasteiger partial charge < -0.3 is 36.1 Å². The summed E-state index contributed by atoms with van der Waals surface area (Å²) in [6.45, 7) is 3.61. The molecule has 1 aliphatic carbocycles. The summed E-state index contributed by atoms with van der Waals surface area (Å²) in [6, 6.07) is 3.76. The lowest BCUT2D eigenvalue weighted by atomic mass is 9.95. The van der Waals surface area contributed by atoms with Gasteiger partial charge in [-0.2, -0.15) is 0 Å². The van der Waals surface area contributed by atoms with Crippen LogP contribution in [0.1, 0.15) is 30.3 Å². The molecule has 3 aliphatic rings. The zero-order chi connectivity index (χ0) is 23.4. The Kier molecular flexibility index (Phi) is 6.79. The second kappa shape index (κ2) is 9.91. The van der Waals surface area contributed by atoms with Gasteiger partial charge in [0.05, 0.1) is 17.1 Å². The van der Waals surface area contributed by atoms with Crippen molar-refractivity contribution < 1.29 is 14.6 Å². The maximum atomic E-state index is 13.1. The smallest absolute Gasteiger partial charge is 0.275 e. The lowest BCUT2D eigenvalue weighted by molar-refractivity contribution is -0.117. The molecule has 0 bridgehead atoms. The van der Waals surface area contributed by atoms with E-state index in [9.17, 15) is 9.90 Å². The van der Waals surface area contributed by atoms with Crippen molar-refractivity contribution in [2.75, 3.05) is 26.7 Å². The third kappa shape index (κ3) is 5.09. The summed E-state index contributed by atoms with van der Waals surface area (Å²) in [6.07, 6.45) is 9.76. The van der Waals surface area contributed by atoms with Gasteiger partial charge in [0.15, 0.2) is 6.23 Å². The second-order valence-corrected chi connectivity index (χ2v) is 8.38. The summed E-state index contributed by atoms with van der Waals surface area (Å²) in [7, 11) is 1.77. The second-order valence-electron chi connectivity index (χ2n) is 8.38. The predicted octanol–water partition coefficient (Wildman–Crippen LogP) is 1.57. The van der Waals surface area contributed by atoms with Crippen LogP contribution >= 0.6 is 0 Å². The number of aliphatic hydroxyl groups is 1. The average Bonchev–Trinajstić information content (AvgIpc) is 3.32. The standard InChI is InChI=1S/C24H30N6O3/c1-15-9-17(3-6-27-15)24-29-21(14-33-24)23(32)28-20-10-18(12-26-2)19(25)11-22(20)30-7-4-16(13-31)5-8-30/h3,6,9-12,14,16,24-26,29,31H,4-5,7-8,13H2,1-2H3,(H,28,32)/b18-12-,25-19?. The van der Waals surface area contributed by atoms with E-state index in [-0.39, 0.29) is 12.5 Å². The third-order valence-electron chi connectivity index (χ3n) is 6.01. The van der Waals surface area contributed by atoms with Gasteiger partial charge in [0, 0.05) is 56.0 Å². The number of aliphatic hydroxyl groups excluding tert-OH is 1. The van der Waals surface area contributed by atoms with E-state index in [1.54, 1.807) is 25.5 Å². The number of pyridine rings is 1. The van der Waals surface area contributed by atoms with Crippen molar-refractivity contribution in [2.24, 2.45) is 5.92 Å². The number of hydrogen-bond donors (Lipinski definition) is 5.